The van der Waals surface area contributed by atoms with Gasteiger partial charge in [-0.05, 0) is 71.9 Å². The first-order chi connectivity index (χ1) is 16.9. The van der Waals surface area contributed by atoms with Gasteiger partial charge in [0.1, 0.15) is 0 Å². The van der Waals surface area contributed by atoms with Gasteiger partial charge in [-0.3, -0.25) is 4.79 Å². The first-order valence-electron chi connectivity index (χ1n) is 12.7. The number of hydrogen-bond donors (Lipinski definition) is 0. The fourth-order valence-corrected chi connectivity index (χ4v) is 9.67. The van der Waals surface area contributed by atoms with Crippen molar-refractivity contribution in [2.45, 2.75) is 50.3 Å². The van der Waals surface area contributed by atoms with E-state index in [1.54, 1.807) is 24.3 Å². The lowest BCUT2D eigenvalue weighted by Gasteiger charge is -2.34. The topological polar surface area (TPSA) is 91.8 Å². The van der Waals surface area contributed by atoms with Gasteiger partial charge in [-0.25, -0.2) is 16.8 Å². The highest BCUT2D eigenvalue weighted by atomic mass is 32.2. The van der Waals surface area contributed by atoms with Crippen LogP contribution < -0.4 is 0 Å². The van der Waals surface area contributed by atoms with Crippen LogP contribution in [0.4, 0.5) is 0 Å². The summed E-state index contributed by atoms with van der Waals surface area (Å²) in [7, 11) is -7.48. The Morgan fingerprint density at radius 2 is 0.917 bits per heavy atom. The number of fused-ring (bicyclic) bond motifs is 3. The number of sulfonamides is 2. The summed E-state index contributed by atoms with van der Waals surface area (Å²) >= 11 is 0. The molecule has 5 rings (SSSR count). The Bertz CT molecular complexity index is 1310. The van der Waals surface area contributed by atoms with E-state index in [1.807, 2.05) is 0 Å². The molecule has 2 saturated heterocycles. The minimum Gasteiger partial charge on any atom is -0.289 e. The Hall–Kier alpha value is -2.07. The molecule has 2 aromatic rings. The van der Waals surface area contributed by atoms with Gasteiger partial charge in [-0.1, -0.05) is 39.8 Å². The fraction of sp³-hybridized carbons (Fsp3) is 0.519. The highest BCUT2D eigenvalue weighted by Crippen LogP contribution is 2.40. The normalized spacial score (nSPS) is 27.6. The number of hydrogen-bond acceptors (Lipinski definition) is 5. The molecule has 0 aromatic heterocycles. The van der Waals surface area contributed by atoms with Gasteiger partial charge >= 0.3 is 0 Å². The number of piperidine rings is 2. The molecule has 3 aliphatic rings. The molecule has 2 heterocycles. The van der Waals surface area contributed by atoms with E-state index in [0.29, 0.717) is 48.4 Å². The Morgan fingerprint density at radius 3 is 1.25 bits per heavy atom. The van der Waals surface area contributed by atoms with Crippen LogP contribution in [0.5, 0.6) is 0 Å². The number of benzene rings is 2. The van der Waals surface area contributed by atoms with Crippen molar-refractivity contribution in [3.05, 3.63) is 47.5 Å². The second-order valence-electron chi connectivity index (χ2n) is 11.3. The number of carbonyl (C=O) groups is 1. The second kappa shape index (κ2) is 9.04. The molecule has 0 unspecified atom stereocenters. The van der Waals surface area contributed by atoms with Crippen LogP contribution in [0.2, 0.25) is 0 Å². The van der Waals surface area contributed by atoms with Gasteiger partial charge < -0.3 is 0 Å². The van der Waals surface area contributed by atoms with E-state index in [9.17, 15) is 21.6 Å². The van der Waals surface area contributed by atoms with Gasteiger partial charge in [-0.15, -0.1) is 0 Å². The molecular weight excluding hydrogens is 496 g/mol. The first-order valence-corrected chi connectivity index (χ1v) is 15.6. The third kappa shape index (κ3) is 4.34. The van der Waals surface area contributed by atoms with Crippen LogP contribution in [0.25, 0.3) is 11.1 Å². The average molecular weight is 531 g/mol. The third-order valence-corrected chi connectivity index (χ3v) is 11.4. The van der Waals surface area contributed by atoms with Gasteiger partial charge in [0.05, 0.1) is 9.79 Å². The molecule has 0 spiro atoms. The molecule has 0 N–H and O–H groups in total. The van der Waals surface area contributed by atoms with E-state index in [0.717, 1.165) is 12.8 Å². The van der Waals surface area contributed by atoms with Gasteiger partial charge in [0.2, 0.25) is 20.0 Å². The Kier molecular flexibility index (Phi) is 6.42. The van der Waals surface area contributed by atoms with E-state index >= 15 is 0 Å². The summed E-state index contributed by atoms with van der Waals surface area (Å²) in [6.07, 6.45) is 1.98. The van der Waals surface area contributed by atoms with Crippen LogP contribution in [-0.4, -0.2) is 57.4 Å². The number of nitrogens with zero attached hydrogens (tertiary/aromatic N) is 2. The molecule has 0 radical (unpaired) electrons. The van der Waals surface area contributed by atoms with Crippen molar-refractivity contribution in [3.63, 3.8) is 0 Å². The predicted molar refractivity (Wildman–Crippen MR) is 139 cm³/mol. The van der Waals surface area contributed by atoms with Crippen molar-refractivity contribution in [1.29, 1.82) is 0 Å². The molecule has 36 heavy (non-hydrogen) atoms. The lowest BCUT2D eigenvalue weighted by atomic mass is 9.94. The summed E-state index contributed by atoms with van der Waals surface area (Å²) in [5, 5.41) is 0. The maximum atomic E-state index is 13.4. The van der Waals surface area contributed by atoms with Crippen molar-refractivity contribution in [3.8, 4) is 11.1 Å². The van der Waals surface area contributed by atoms with Crippen LogP contribution in [0.3, 0.4) is 0 Å². The van der Waals surface area contributed by atoms with Crippen molar-refractivity contribution in [1.82, 2.24) is 8.61 Å². The molecule has 194 valence electrons. The van der Waals surface area contributed by atoms with Crippen molar-refractivity contribution < 1.29 is 21.6 Å². The number of carbonyl (C=O) groups excluding carboxylic acids is 1. The van der Waals surface area contributed by atoms with Crippen LogP contribution in [0, 0.1) is 23.7 Å². The summed E-state index contributed by atoms with van der Waals surface area (Å²) in [5.41, 5.74) is 1.88. The summed E-state index contributed by atoms with van der Waals surface area (Å²) in [6, 6.07) is 9.37. The van der Waals surface area contributed by atoms with Crippen molar-refractivity contribution in [2.24, 2.45) is 23.7 Å². The minimum atomic E-state index is -3.74. The van der Waals surface area contributed by atoms with Crippen molar-refractivity contribution in [2.75, 3.05) is 26.2 Å². The van der Waals surface area contributed by atoms with E-state index < -0.39 is 20.0 Å². The van der Waals surface area contributed by atoms with Crippen LogP contribution >= 0.6 is 0 Å². The molecule has 2 aromatic carbocycles. The molecule has 0 bridgehead atoms. The molecule has 9 heteroatoms. The fourth-order valence-electron chi connectivity index (χ4n) is 6.26. The first kappa shape index (κ1) is 25.6. The second-order valence-corrected chi connectivity index (χ2v) is 15.2. The van der Waals surface area contributed by atoms with Gasteiger partial charge in [0.25, 0.3) is 0 Å². The quantitative estimate of drug-likeness (QED) is 0.503. The Morgan fingerprint density at radius 1 is 0.583 bits per heavy atom. The zero-order chi connectivity index (χ0) is 26.0. The van der Waals surface area contributed by atoms with E-state index in [-0.39, 0.29) is 39.2 Å². The van der Waals surface area contributed by atoms with Gasteiger partial charge in [0, 0.05) is 37.3 Å². The standard InChI is InChI=1S/C27H34N2O5S2/c1-17-9-18(2)14-28(13-17)35(31,32)21-5-7-23-24-8-6-22(12-26(24)27(30)25(23)11-21)36(33,34)29-15-19(3)10-20(4)16-29/h5-8,11-12,17-20H,9-10,13-16H2,1-4H3/t17-,18-,19+,20+. The zero-order valence-electron chi connectivity index (χ0n) is 21.3. The van der Waals surface area contributed by atoms with E-state index in [1.165, 1.54) is 20.7 Å². The third-order valence-electron chi connectivity index (χ3n) is 7.71. The molecular formula is C27H34N2O5S2. The predicted octanol–water partition coefficient (Wildman–Crippen LogP) is 4.23. The Labute approximate surface area is 214 Å². The summed E-state index contributed by atoms with van der Waals surface area (Å²) in [6.45, 7) is 10.1. The summed E-state index contributed by atoms with van der Waals surface area (Å²) in [5.74, 6) is 0.755. The van der Waals surface area contributed by atoms with Gasteiger partial charge in [-0.2, -0.15) is 8.61 Å². The molecule has 1 aliphatic carbocycles. The number of rotatable bonds is 4. The zero-order valence-corrected chi connectivity index (χ0v) is 22.9. The SMILES string of the molecule is C[C@@H]1C[C@@H](C)CN(S(=O)(=O)c2ccc3c(c2)C(=O)c2cc(S(=O)(=O)N4C[C@@H](C)C[C@H](C)C4)ccc2-3)C1. The maximum Gasteiger partial charge on any atom is 0.243 e. The number of ketones is 1. The monoisotopic (exact) mass is 530 g/mol. The lowest BCUT2D eigenvalue weighted by molar-refractivity contribution is 0.104. The highest BCUT2D eigenvalue weighted by Gasteiger charge is 2.36. The van der Waals surface area contributed by atoms with Gasteiger partial charge in [0.15, 0.2) is 5.78 Å². The van der Waals surface area contributed by atoms with Crippen LogP contribution in [0.15, 0.2) is 46.2 Å². The summed E-state index contributed by atoms with van der Waals surface area (Å²) < 4.78 is 56.6. The minimum absolute atomic E-state index is 0.104. The maximum absolute atomic E-state index is 13.4. The van der Waals surface area contributed by atoms with Crippen LogP contribution in [-0.2, 0) is 20.0 Å². The molecule has 7 nitrogen and oxygen atoms in total. The lowest BCUT2D eigenvalue weighted by Crippen LogP contribution is -2.42. The van der Waals surface area contributed by atoms with E-state index in [2.05, 4.69) is 27.7 Å². The molecule has 0 amide bonds. The van der Waals surface area contributed by atoms with E-state index in [4.69, 9.17) is 0 Å². The largest absolute Gasteiger partial charge is 0.289 e. The molecule has 4 atom stereocenters. The van der Waals surface area contributed by atoms with Crippen LogP contribution in [0.1, 0.15) is 56.5 Å². The summed E-state index contributed by atoms with van der Waals surface area (Å²) in [4.78, 5) is 13.6. The van der Waals surface area contributed by atoms with Crippen molar-refractivity contribution >= 4 is 25.8 Å². The smallest absolute Gasteiger partial charge is 0.243 e. The highest BCUT2D eigenvalue weighted by molar-refractivity contribution is 7.89. The molecule has 2 fully saturated rings. The molecule has 2 aliphatic heterocycles. The molecule has 0 saturated carbocycles. The Balaban J connectivity index is 1.47. The average Bonchev–Trinajstić information content (AvgIpc) is 3.09.